The monoisotopic (exact) mass is 271 g/mol. The van der Waals surface area contributed by atoms with Gasteiger partial charge in [-0.1, -0.05) is 29.8 Å². The summed E-state index contributed by atoms with van der Waals surface area (Å²) in [6.45, 7) is 0. The summed E-state index contributed by atoms with van der Waals surface area (Å²) in [6, 6.07) is 14.0. The number of thiophene rings is 1. The first-order valence-electron chi connectivity index (χ1n) is 5.59. The Kier molecular flexibility index (Phi) is 3.13. The largest absolute Gasteiger partial charge is 0.248 e. The normalized spacial score (nSPS) is 11.4. The van der Waals surface area contributed by atoms with Crippen LogP contribution in [-0.2, 0) is 0 Å². The SMILES string of the molecule is Clc1ccc2ccc(/C=C/c3cccs3)nc2c1. The van der Waals surface area contributed by atoms with Gasteiger partial charge in [-0.05, 0) is 41.8 Å². The zero-order valence-electron chi connectivity index (χ0n) is 9.51. The summed E-state index contributed by atoms with van der Waals surface area (Å²) >= 11 is 7.69. The van der Waals surface area contributed by atoms with Crippen LogP contribution in [-0.4, -0.2) is 4.98 Å². The quantitative estimate of drug-likeness (QED) is 0.630. The van der Waals surface area contributed by atoms with Crippen molar-refractivity contribution in [2.45, 2.75) is 0 Å². The number of nitrogens with zero attached hydrogens (tertiary/aromatic N) is 1. The van der Waals surface area contributed by atoms with Crippen LogP contribution in [0.1, 0.15) is 10.6 Å². The Morgan fingerprint density at radius 2 is 1.94 bits per heavy atom. The van der Waals surface area contributed by atoms with Crippen LogP contribution in [0.4, 0.5) is 0 Å². The molecule has 0 saturated heterocycles. The van der Waals surface area contributed by atoms with E-state index in [0.29, 0.717) is 0 Å². The first-order chi connectivity index (χ1) is 8.81. The minimum absolute atomic E-state index is 0.717. The van der Waals surface area contributed by atoms with Crippen molar-refractivity contribution in [1.29, 1.82) is 0 Å². The lowest BCUT2D eigenvalue weighted by Gasteiger charge is -1.99. The molecule has 0 N–H and O–H groups in total. The smallest absolute Gasteiger partial charge is 0.0724 e. The zero-order valence-corrected chi connectivity index (χ0v) is 11.1. The molecule has 3 rings (SSSR count). The van der Waals surface area contributed by atoms with Gasteiger partial charge in [0.1, 0.15) is 0 Å². The van der Waals surface area contributed by atoms with Gasteiger partial charge in [0.2, 0.25) is 0 Å². The van der Waals surface area contributed by atoms with Crippen LogP contribution in [0.3, 0.4) is 0 Å². The zero-order chi connectivity index (χ0) is 12.4. The molecule has 0 atom stereocenters. The second-order valence-corrected chi connectivity index (χ2v) is 5.34. The lowest BCUT2D eigenvalue weighted by Crippen LogP contribution is -1.82. The molecule has 1 aromatic carbocycles. The number of rotatable bonds is 2. The second-order valence-electron chi connectivity index (χ2n) is 3.92. The van der Waals surface area contributed by atoms with E-state index in [4.69, 9.17) is 11.6 Å². The summed E-state index contributed by atoms with van der Waals surface area (Å²) in [4.78, 5) is 5.79. The second kappa shape index (κ2) is 4.92. The molecule has 3 heteroatoms. The van der Waals surface area contributed by atoms with Crippen molar-refractivity contribution in [3.63, 3.8) is 0 Å². The third-order valence-corrected chi connectivity index (χ3v) is 3.71. The van der Waals surface area contributed by atoms with Crippen molar-refractivity contribution < 1.29 is 0 Å². The molecule has 18 heavy (non-hydrogen) atoms. The predicted molar refractivity (Wildman–Crippen MR) is 80.0 cm³/mol. The molecule has 3 aromatic rings. The molecule has 0 aliphatic heterocycles. The van der Waals surface area contributed by atoms with E-state index in [1.54, 1.807) is 11.3 Å². The molecular formula is C15H10ClNS. The maximum Gasteiger partial charge on any atom is 0.0724 e. The number of aromatic nitrogens is 1. The van der Waals surface area contributed by atoms with E-state index in [0.717, 1.165) is 21.6 Å². The summed E-state index contributed by atoms with van der Waals surface area (Å²) in [5.41, 5.74) is 1.87. The van der Waals surface area contributed by atoms with Gasteiger partial charge in [-0.25, -0.2) is 4.98 Å². The summed E-state index contributed by atoms with van der Waals surface area (Å²) < 4.78 is 0. The number of halogens is 1. The van der Waals surface area contributed by atoms with E-state index < -0.39 is 0 Å². The van der Waals surface area contributed by atoms with E-state index in [2.05, 4.69) is 28.6 Å². The van der Waals surface area contributed by atoms with E-state index in [1.807, 2.05) is 36.4 Å². The van der Waals surface area contributed by atoms with Gasteiger partial charge in [0.15, 0.2) is 0 Å². The fourth-order valence-corrected chi connectivity index (χ4v) is 2.54. The summed E-state index contributed by atoms with van der Waals surface area (Å²) in [5, 5.41) is 3.88. The molecule has 1 nitrogen and oxygen atoms in total. The Hall–Kier alpha value is -1.64. The van der Waals surface area contributed by atoms with Crippen molar-refractivity contribution in [3.8, 4) is 0 Å². The van der Waals surface area contributed by atoms with E-state index >= 15 is 0 Å². The highest BCUT2D eigenvalue weighted by molar-refractivity contribution is 7.10. The topological polar surface area (TPSA) is 12.9 Å². The van der Waals surface area contributed by atoms with Crippen molar-refractivity contribution in [2.24, 2.45) is 0 Å². The highest BCUT2D eigenvalue weighted by Crippen LogP contribution is 2.19. The predicted octanol–water partition coefficient (Wildman–Crippen LogP) is 5.12. The molecule has 0 aliphatic carbocycles. The average molecular weight is 272 g/mol. The number of hydrogen-bond acceptors (Lipinski definition) is 2. The van der Waals surface area contributed by atoms with Gasteiger partial charge in [0, 0.05) is 15.3 Å². The number of hydrogen-bond donors (Lipinski definition) is 0. The molecule has 0 saturated carbocycles. The Bertz CT molecular complexity index is 702. The Morgan fingerprint density at radius 3 is 2.78 bits per heavy atom. The number of pyridine rings is 1. The summed E-state index contributed by atoms with van der Waals surface area (Å²) in [5.74, 6) is 0. The lowest BCUT2D eigenvalue weighted by atomic mass is 10.2. The summed E-state index contributed by atoms with van der Waals surface area (Å²) in [7, 11) is 0. The molecule has 88 valence electrons. The molecular weight excluding hydrogens is 262 g/mol. The maximum atomic E-state index is 5.97. The van der Waals surface area contributed by atoms with Gasteiger partial charge in [0.25, 0.3) is 0 Å². The number of fused-ring (bicyclic) bond motifs is 1. The molecule has 0 radical (unpaired) electrons. The van der Waals surface area contributed by atoms with E-state index in [-0.39, 0.29) is 0 Å². The molecule has 0 amide bonds. The third-order valence-electron chi connectivity index (χ3n) is 2.64. The van der Waals surface area contributed by atoms with Gasteiger partial charge < -0.3 is 0 Å². The standard InChI is InChI=1S/C15H10ClNS/c16-12-5-3-11-4-6-13(17-15(11)10-12)7-8-14-2-1-9-18-14/h1-10H/b8-7+. The first kappa shape index (κ1) is 11.5. The molecule has 2 aromatic heterocycles. The third kappa shape index (κ3) is 2.45. The highest BCUT2D eigenvalue weighted by Gasteiger charge is 1.97. The van der Waals surface area contributed by atoms with Gasteiger partial charge in [-0.2, -0.15) is 0 Å². The molecule has 0 unspecified atom stereocenters. The van der Waals surface area contributed by atoms with Gasteiger partial charge >= 0.3 is 0 Å². The summed E-state index contributed by atoms with van der Waals surface area (Å²) in [6.07, 6.45) is 4.09. The van der Waals surface area contributed by atoms with Crippen LogP contribution in [0.15, 0.2) is 47.8 Å². The molecule has 0 spiro atoms. The first-order valence-corrected chi connectivity index (χ1v) is 6.85. The fourth-order valence-electron chi connectivity index (χ4n) is 1.75. The maximum absolute atomic E-state index is 5.97. The van der Waals surface area contributed by atoms with E-state index in [1.165, 1.54) is 4.88 Å². The molecule has 0 bridgehead atoms. The van der Waals surface area contributed by atoms with Crippen LogP contribution in [0, 0.1) is 0 Å². The van der Waals surface area contributed by atoms with E-state index in [9.17, 15) is 0 Å². The number of benzene rings is 1. The Balaban J connectivity index is 1.98. The van der Waals surface area contributed by atoms with Crippen LogP contribution >= 0.6 is 22.9 Å². The molecule has 0 aliphatic rings. The minimum atomic E-state index is 0.717. The Labute approximate surface area is 114 Å². The average Bonchev–Trinajstić information content (AvgIpc) is 2.89. The van der Waals surface area contributed by atoms with Crippen molar-refractivity contribution in [3.05, 3.63) is 63.4 Å². The fraction of sp³-hybridized carbons (Fsp3) is 0. The lowest BCUT2D eigenvalue weighted by molar-refractivity contribution is 1.37. The van der Waals surface area contributed by atoms with Crippen LogP contribution < -0.4 is 0 Å². The molecule has 2 heterocycles. The van der Waals surface area contributed by atoms with Crippen LogP contribution in [0.5, 0.6) is 0 Å². The van der Waals surface area contributed by atoms with Crippen molar-refractivity contribution in [2.75, 3.05) is 0 Å². The minimum Gasteiger partial charge on any atom is -0.248 e. The van der Waals surface area contributed by atoms with Crippen molar-refractivity contribution in [1.82, 2.24) is 4.98 Å². The highest BCUT2D eigenvalue weighted by atomic mass is 35.5. The van der Waals surface area contributed by atoms with Gasteiger partial charge in [0.05, 0.1) is 11.2 Å². The van der Waals surface area contributed by atoms with Crippen LogP contribution in [0.2, 0.25) is 5.02 Å². The van der Waals surface area contributed by atoms with Gasteiger partial charge in [-0.3, -0.25) is 0 Å². The van der Waals surface area contributed by atoms with Gasteiger partial charge in [-0.15, -0.1) is 11.3 Å². The van der Waals surface area contributed by atoms with Crippen molar-refractivity contribution >= 4 is 46.0 Å². The Morgan fingerprint density at radius 1 is 1.06 bits per heavy atom. The molecule has 0 fully saturated rings. The van der Waals surface area contributed by atoms with Crippen LogP contribution in [0.25, 0.3) is 23.1 Å².